The van der Waals surface area contributed by atoms with E-state index in [0.29, 0.717) is 12.6 Å². The molecule has 2 fully saturated rings. The number of hydrogen-bond acceptors (Lipinski definition) is 4. The molecule has 1 saturated heterocycles. The first-order chi connectivity index (χ1) is 9.45. The van der Waals surface area contributed by atoms with Gasteiger partial charge in [0.25, 0.3) is 0 Å². The third-order valence-corrected chi connectivity index (χ3v) is 7.17. The van der Waals surface area contributed by atoms with Crippen LogP contribution in [0.3, 0.4) is 0 Å². The zero-order valence-corrected chi connectivity index (χ0v) is 13.8. The molecule has 20 heavy (non-hydrogen) atoms. The highest BCUT2D eigenvalue weighted by Gasteiger charge is 2.52. The van der Waals surface area contributed by atoms with E-state index in [9.17, 15) is 8.42 Å². The third kappa shape index (κ3) is 2.90. The molecule has 4 nitrogen and oxygen atoms in total. The van der Waals surface area contributed by atoms with Crippen molar-refractivity contribution in [1.29, 1.82) is 0 Å². The van der Waals surface area contributed by atoms with Crippen LogP contribution in [0.1, 0.15) is 58.3 Å². The molecule has 2 N–H and O–H groups in total. The van der Waals surface area contributed by atoms with Gasteiger partial charge in [-0.3, -0.25) is 4.90 Å². The number of sulfone groups is 1. The van der Waals surface area contributed by atoms with Gasteiger partial charge < -0.3 is 5.73 Å². The molecule has 1 aliphatic heterocycles. The topological polar surface area (TPSA) is 63.4 Å². The summed E-state index contributed by atoms with van der Waals surface area (Å²) >= 11 is 0. The molecule has 0 spiro atoms. The summed E-state index contributed by atoms with van der Waals surface area (Å²) in [4.78, 5) is 2.50. The van der Waals surface area contributed by atoms with Gasteiger partial charge in [-0.25, -0.2) is 8.42 Å². The first-order valence-electron chi connectivity index (χ1n) is 8.11. The maximum absolute atomic E-state index is 12.2. The SMILES string of the molecule is CCC1CCCCCN1C1(CN)CCCC1S(C)(=O)=O. The van der Waals surface area contributed by atoms with Gasteiger partial charge in [0.1, 0.15) is 0 Å². The molecule has 0 aromatic rings. The lowest BCUT2D eigenvalue weighted by atomic mass is 9.91. The molecule has 0 bridgehead atoms. The lowest BCUT2D eigenvalue weighted by Gasteiger charge is -2.47. The number of hydrogen-bond donors (Lipinski definition) is 1. The second-order valence-corrected chi connectivity index (χ2v) is 8.85. The van der Waals surface area contributed by atoms with Crippen LogP contribution in [0.25, 0.3) is 0 Å². The molecule has 0 radical (unpaired) electrons. The molecule has 118 valence electrons. The van der Waals surface area contributed by atoms with E-state index in [1.165, 1.54) is 31.9 Å². The Labute approximate surface area is 124 Å². The average Bonchev–Trinajstić information content (AvgIpc) is 2.71. The molecule has 0 amide bonds. The largest absolute Gasteiger partial charge is 0.329 e. The van der Waals surface area contributed by atoms with Crippen LogP contribution in [0.2, 0.25) is 0 Å². The highest BCUT2D eigenvalue weighted by atomic mass is 32.2. The molecule has 0 aromatic heterocycles. The van der Waals surface area contributed by atoms with E-state index in [0.717, 1.165) is 32.2 Å². The van der Waals surface area contributed by atoms with Crippen LogP contribution in [0.4, 0.5) is 0 Å². The zero-order chi connectivity index (χ0) is 14.8. The van der Waals surface area contributed by atoms with Crippen molar-refractivity contribution in [3.63, 3.8) is 0 Å². The van der Waals surface area contributed by atoms with Gasteiger partial charge in [-0.2, -0.15) is 0 Å². The normalized spacial score (nSPS) is 37.0. The van der Waals surface area contributed by atoms with Crippen LogP contribution in [0, 0.1) is 0 Å². The Morgan fingerprint density at radius 2 is 1.95 bits per heavy atom. The van der Waals surface area contributed by atoms with Crippen molar-refractivity contribution in [2.75, 3.05) is 19.3 Å². The van der Waals surface area contributed by atoms with Crippen molar-refractivity contribution in [1.82, 2.24) is 4.90 Å². The smallest absolute Gasteiger partial charge is 0.152 e. The third-order valence-electron chi connectivity index (χ3n) is 5.47. The lowest BCUT2D eigenvalue weighted by Crippen LogP contribution is -2.63. The molecular weight excluding hydrogens is 272 g/mol. The van der Waals surface area contributed by atoms with Crippen LogP contribution in [0.15, 0.2) is 0 Å². The minimum Gasteiger partial charge on any atom is -0.329 e. The minimum absolute atomic E-state index is 0.271. The molecule has 5 heteroatoms. The van der Waals surface area contributed by atoms with E-state index < -0.39 is 9.84 Å². The van der Waals surface area contributed by atoms with Crippen molar-refractivity contribution in [3.05, 3.63) is 0 Å². The summed E-state index contributed by atoms with van der Waals surface area (Å²) in [5.41, 5.74) is 5.84. The standard InChI is InChI=1S/C15H30N2O2S/c1-3-13-8-5-4-6-11-17(13)15(12-16)10-7-9-14(15)20(2,18)19/h13-14H,3-12,16H2,1-2H3. The summed E-state index contributed by atoms with van der Waals surface area (Å²) in [5.74, 6) is 0. The Morgan fingerprint density at radius 1 is 1.20 bits per heavy atom. The van der Waals surface area contributed by atoms with Gasteiger partial charge in [0.2, 0.25) is 0 Å². The Hall–Kier alpha value is -0.130. The first kappa shape index (κ1) is 16.2. The van der Waals surface area contributed by atoms with Crippen LogP contribution >= 0.6 is 0 Å². The summed E-state index contributed by atoms with van der Waals surface area (Å²) in [5, 5.41) is -0.271. The van der Waals surface area contributed by atoms with Crippen molar-refractivity contribution in [3.8, 4) is 0 Å². The molecular formula is C15H30N2O2S. The van der Waals surface area contributed by atoms with Gasteiger partial charge in [-0.15, -0.1) is 0 Å². The summed E-state index contributed by atoms with van der Waals surface area (Å²) in [6, 6.07) is 0.503. The van der Waals surface area contributed by atoms with Gasteiger partial charge in [-0.05, 0) is 38.6 Å². The van der Waals surface area contributed by atoms with E-state index in [2.05, 4.69) is 11.8 Å². The molecule has 3 unspecified atom stereocenters. The van der Waals surface area contributed by atoms with Crippen LogP contribution in [0.5, 0.6) is 0 Å². The maximum atomic E-state index is 12.2. The van der Waals surface area contributed by atoms with Crippen LogP contribution in [-0.2, 0) is 9.84 Å². The monoisotopic (exact) mass is 302 g/mol. The molecule has 2 rings (SSSR count). The van der Waals surface area contributed by atoms with Crippen LogP contribution < -0.4 is 5.73 Å². The quantitative estimate of drug-likeness (QED) is 0.862. The fourth-order valence-electron chi connectivity index (χ4n) is 4.50. The number of rotatable bonds is 4. The summed E-state index contributed by atoms with van der Waals surface area (Å²) in [6.45, 7) is 3.71. The second-order valence-electron chi connectivity index (χ2n) is 6.62. The van der Waals surface area contributed by atoms with E-state index in [-0.39, 0.29) is 10.8 Å². The first-order valence-corrected chi connectivity index (χ1v) is 10.1. The lowest BCUT2D eigenvalue weighted by molar-refractivity contribution is 0.0541. The number of nitrogens with two attached hydrogens (primary N) is 1. The Bertz CT molecular complexity index is 424. The highest BCUT2D eigenvalue weighted by Crippen LogP contribution is 2.42. The summed E-state index contributed by atoms with van der Waals surface area (Å²) in [7, 11) is -3.04. The zero-order valence-electron chi connectivity index (χ0n) is 13.0. The van der Waals surface area contributed by atoms with Gasteiger partial charge in [0, 0.05) is 18.8 Å². The van der Waals surface area contributed by atoms with Gasteiger partial charge in [0.05, 0.1) is 10.8 Å². The molecule has 1 aliphatic carbocycles. The summed E-state index contributed by atoms with van der Waals surface area (Å²) < 4.78 is 24.5. The van der Waals surface area contributed by atoms with Crippen molar-refractivity contribution < 1.29 is 8.42 Å². The van der Waals surface area contributed by atoms with Gasteiger partial charge >= 0.3 is 0 Å². The van der Waals surface area contributed by atoms with Crippen molar-refractivity contribution in [2.24, 2.45) is 5.73 Å². The average molecular weight is 302 g/mol. The molecule has 2 aliphatic rings. The molecule has 0 aromatic carbocycles. The fourth-order valence-corrected chi connectivity index (χ4v) is 6.24. The van der Waals surface area contributed by atoms with Gasteiger partial charge in [0.15, 0.2) is 9.84 Å². The van der Waals surface area contributed by atoms with Crippen molar-refractivity contribution >= 4 is 9.84 Å². The van der Waals surface area contributed by atoms with Crippen molar-refractivity contribution in [2.45, 2.75) is 75.1 Å². The maximum Gasteiger partial charge on any atom is 0.152 e. The Morgan fingerprint density at radius 3 is 2.55 bits per heavy atom. The number of likely N-dealkylation sites (tertiary alicyclic amines) is 1. The molecule has 1 saturated carbocycles. The Kier molecular flexibility index (Phi) is 5.14. The van der Waals surface area contributed by atoms with E-state index >= 15 is 0 Å². The van der Waals surface area contributed by atoms with E-state index in [1.807, 2.05) is 0 Å². The molecule has 1 heterocycles. The van der Waals surface area contributed by atoms with Gasteiger partial charge in [-0.1, -0.05) is 26.2 Å². The predicted molar refractivity (Wildman–Crippen MR) is 83.5 cm³/mol. The summed E-state index contributed by atoms with van der Waals surface area (Å²) in [6.07, 6.45) is 10.1. The second kappa shape index (κ2) is 6.32. The number of nitrogens with zero attached hydrogens (tertiary/aromatic N) is 1. The van der Waals surface area contributed by atoms with Crippen LogP contribution in [-0.4, -0.2) is 49.5 Å². The Balaban J connectivity index is 2.37. The highest BCUT2D eigenvalue weighted by molar-refractivity contribution is 7.91. The van der Waals surface area contributed by atoms with E-state index in [4.69, 9.17) is 5.73 Å². The molecule has 3 atom stereocenters. The minimum atomic E-state index is -3.04. The van der Waals surface area contributed by atoms with E-state index in [1.54, 1.807) is 0 Å². The fraction of sp³-hybridized carbons (Fsp3) is 1.00. The predicted octanol–water partition coefficient (Wildman–Crippen LogP) is 1.94.